The highest BCUT2D eigenvalue weighted by Gasteiger charge is 2.31. The third kappa shape index (κ3) is 4.14. The van der Waals surface area contributed by atoms with Gasteiger partial charge in [-0.2, -0.15) is 0 Å². The molecule has 0 saturated carbocycles. The van der Waals surface area contributed by atoms with Crippen LogP contribution in [0.4, 0.5) is 0 Å². The quantitative estimate of drug-likeness (QED) is 0.608. The van der Waals surface area contributed by atoms with Crippen LogP contribution in [0, 0.1) is 5.41 Å². The Bertz CT molecular complexity index is 316. The van der Waals surface area contributed by atoms with Crippen LogP contribution in [0.5, 0.6) is 0 Å². The minimum Gasteiger partial charge on any atom is -0.396 e. The lowest BCUT2D eigenvalue weighted by Gasteiger charge is -2.34. The zero-order valence-corrected chi connectivity index (χ0v) is 11.5. The summed E-state index contributed by atoms with van der Waals surface area (Å²) in [4.78, 5) is 24.2. The number of nitrogens with zero attached hydrogens (tertiary/aromatic N) is 1. The molecule has 0 radical (unpaired) electrons. The molecule has 1 aliphatic rings. The molecular formula is C14H23NO4. The first-order valence-corrected chi connectivity index (χ1v) is 6.84. The number of aliphatic hydroxyl groups excluding tert-OH is 2. The van der Waals surface area contributed by atoms with E-state index in [9.17, 15) is 19.8 Å². The molecule has 108 valence electrons. The summed E-state index contributed by atoms with van der Waals surface area (Å²) in [5.41, 5.74) is -0.193. The molecule has 0 aromatic rings. The second-order valence-corrected chi connectivity index (χ2v) is 5.11. The molecule has 5 heteroatoms. The Labute approximate surface area is 113 Å². The summed E-state index contributed by atoms with van der Waals surface area (Å²) < 4.78 is 0. The van der Waals surface area contributed by atoms with Crippen molar-refractivity contribution in [3.05, 3.63) is 12.2 Å². The highest BCUT2D eigenvalue weighted by molar-refractivity contribution is 6.12. The lowest BCUT2D eigenvalue weighted by molar-refractivity contribution is -0.137. The summed E-state index contributed by atoms with van der Waals surface area (Å²) in [5.74, 6) is -0.549. The average molecular weight is 269 g/mol. The van der Waals surface area contributed by atoms with Crippen LogP contribution in [0.2, 0.25) is 0 Å². The highest BCUT2D eigenvalue weighted by atomic mass is 16.3. The Morgan fingerprint density at radius 1 is 1.00 bits per heavy atom. The van der Waals surface area contributed by atoms with E-state index in [1.165, 1.54) is 17.1 Å². The number of rotatable bonds is 9. The first-order valence-electron chi connectivity index (χ1n) is 6.84. The molecule has 0 aliphatic carbocycles. The van der Waals surface area contributed by atoms with Crippen LogP contribution >= 0.6 is 0 Å². The van der Waals surface area contributed by atoms with E-state index in [1.54, 1.807) is 0 Å². The molecule has 0 saturated heterocycles. The molecule has 19 heavy (non-hydrogen) atoms. The number of carbonyl (C=O) groups is 2. The second kappa shape index (κ2) is 7.40. The van der Waals surface area contributed by atoms with Crippen molar-refractivity contribution in [1.82, 2.24) is 4.90 Å². The van der Waals surface area contributed by atoms with Crippen molar-refractivity contribution < 1.29 is 19.8 Å². The molecule has 1 aliphatic heterocycles. The Hall–Kier alpha value is -1.20. The van der Waals surface area contributed by atoms with E-state index in [-0.39, 0.29) is 30.4 Å². The van der Waals surface area contributed by atoms with Crippen LogP contribution in [0.15, 0.2) is 12.2 Å². The molecule has 0 spiro atoms. The summed E-state index contributed by atoms with van der Waals surface area (Å²) >= 11 is 0. The van der Waals surface area contributed by atoms with E-state index < -0.39 is 0 Å². The maximum atomic E-state index is 11.5. The van der Waals surface area contributed by atoms with Gasteiger partial charge in [0.2, 0.25) is 0 Å². The Kier molecular flexibility index (Phi) is 6.18. The minimum atomic E-state index is -0.275. The Balaban J connectivity index is 2.66. The zero-order valence-electron chi connectivity index (χ0n) is 11.5. The smallest absolute Gasteiger partial charge is 0.253 e. The molecule has 1 heterocycles. The fourth-order valence-electron chi connectivity index (χ4n) is 2.76. The molecule has 0 aromatic heterocycles. The molecule has 5 nitrogen and oxygen atoms in total. The molecular weight excluding hydrogens is 246 g/mol. The normalized spacial score (nSPS) is 15.6. The van der Waals surface area contributed by atoms with E-state index in [2.05, 4.69) is 6.92 Å². The predicted octanol–water partition coefficient (Wildman–Crippen LogP) is 0.853. The van der Waals surface area contributed by atoms with E-state index in [0.29, 0.717) is 25.8 Å². The van der Waals surface area contributed by atoms with Crippen molar-refractivity contribution in [2.24, 2.45) is 5.41 Å². The van der Waals surface area contributed by atoms with Gasteiger partial charge in [-0.3, -0.25) is 14.5 Å². The first kappa shape index (κ1) is 15.9. The van der Waals surface area contributed by atoms with Crippen molar-refractivity contribution >= 4 is 11.8 Å². The van der Waals surface area contributed by atoms with E-state index in [0.717, 1.165) is 12.8 Å². The van der Waals surface area contributed by atoms with Crippen molar-refractivity contribution in [3.63, 3.8) is 0 Å². The summed E-state index contributed by atoms with van der Waals surface area (Å²) in [6.45, 7) is 2.52. The van der Waals surface area contributed by atoms with Gasteiger partial charge in [-0.15, -0.1) is 0 Å². The summed E-state index contributed by atoms with van der Waals surface area (Å²) in [7, 11) is 0. The number of amides is 2. The predicted molar refractivity (Wildman–Crippen MR) is 71.2 cm³/mol. The Morgan fingerprint density at radius 2 is 1.53 bits per heavy atom. The van der Waals surface area contributed by atoms with Crippen molar-refractivity contribution in [2.45, 2.75) is 39.0 Å². The van der Waals surface area contributed by atoms with E-state index >= 15 is 0 Å². The molecule has 2 N–H and O–H groups in total. The number of imide groups is 1. The van der Waals surface area contributed by atoms with Crippen LogP contribution in [0.3, 0.4) is 0 Å². The lowest BCUT2D eigenvalue weighted by atomic mass is 9.75. The van der Waals surface area contributed by atoms with Gasteiger partial charge in [-0.1, -0.05) is 13.3 Å². The number of carbonyl (C=O) groups excluding carboxylic acids is 2. The summed E-state index contributed by atoms with van der Waals surface area (Å²) in [5, 5.41) is 18.4. The van der Waals surface area contributed by atoms with Gasteiger partial charge in [0.05, 0.1) is 0 Å². The van der Waals surface area contributed by atoms with Gasteiger partial charge in [-0.05, 0) is 31.1 Å². The van der Waals surface area contributed by atoms with E-state index in [1.807, 2.05) is 0 Å². The largest absolute Gasteiger partial charge is 0.396 e. The molecule has 2 amide bonds. The van der Waals surface area contributed by atoms with Gasteiger partial charge >= 0.3 is 0 Å². The molecule has 0 fully saturated rings. The van der Waals surface area contributed by atoms with Gasteiger partial charge in [0.1, 0.15) is 0 Å². The maximum Gasteiger partial charge on any atom is 0.253 e. The number of aliphatic hydroxyl groups is 2. The number of hydrogen-bond acceptors (Lipinski definition) is 4. The first-order chi connectivity index (χ1) is 9.08. The Morgan fingerprint density at radius 3 is 1.95 bits per heavy atom. The third-order valence-corrected chi connectivity index (χ3v) is 3.83. The summed E-state index contributed by atoms with van der Waals surface area (Å²) in [6.07, 6.45) is 6.18. The molecule has 0 bridgehead atoms. The molecule has 1 rings (SSSR count). The van der Waals surface area contributed by atoms with Crippen molar-refractivity contribution in [3.8, 4) is 0 Å². The van der Waals surface area contributed by atoms with Gasteiger partial charge in [0, 0.05) is 31.9 Å². The summed E-state index contributed by atoms with van der Waals surface area (Å²) in [6, 6.07) is 0. The van der Waals surface area contributed by atoms with Crippen molar-refractivity contribution in [1.29, 1.82) is 0 Å². The maximum absolute atomic E-state index is 11.5. The fourth-order valence-corrected chi connectivity index (χ4v) is 2.76. The van der Waals surface area contributed by atoms with Crippen LogP contribution in [0.1, 0.15) is 39.0 Å². The monoisotopic (exact) mass is 269 g/mol. The van der Waals surface area contributed by atoms with Gasteiger partial charge in [0.15, 0.2) is 0 Å². The van der Waals surface area contributed by atoms with E-state index in [4.69, 9.17) is 0 Å². The van der Waals surface area contributed by atoms with Crippen LogP contribution in [-0.4, -0.2) is 46.7 Å². The lowest BCUT2D eigenvalue weighted by Crippen LogP contribution is -2.35. The zero-order chi connectivity index (χ0) is 14.3. The van der Waals surface area contributed by atoms with Crippen LogP contribution < -0.4 is 0 Å². The standard InChI is InChI=1S/C14H23NO4/c1-2-5-14(7-10-16,8-11-17)6-9-15-12(18)3-4-13(15)19/h3-4,16-17H,2,5-11H2,1H3. The van der Waals surface area contributed by atoms with Crippen molar-refractivity contribution in [2.75, 3.05) is 19.8 Å². The van der Waals surface area contributed by atoms with Crippen LogP contribution in [0.25, 0.3) is 0 Å². The second-order valence-electron chi connectivity index (χ2n) is 5.11. The highest BCUT2D eigenvalue weighted by Crippen LogP contribution is 2.36. The van der Waals surface area contributed by atoms with Crippen LogP contribution in [-0.2, 0) is 9.59 Å². The SMILES string of the molecule is CCCC(CCO)(CCO)CCN1C(=O)C=CC1=O. The molecule has 0 aromatic carbocycles. The fraction of sp³-hybridized carbons (Fsp3) is 0.714. The van der Waals surface area contributed by atoms with Gasteiger partial charge in [0.25, 0.3) is 11.8 Å². The minimum absolute atomic E-state index is 0.0557. The average Bonchev–Trinajstić information content (AvgIpc) is 2.68. The molecule has 0 unspecified atom stereocenters. The molecule has 0 atom stereocenters. The van der Waals surface area contributed by atoms with Gasteiger partial charge in [-0.25, -0.2) is 0 Å². The topological polar surface area (TPSA) is 77.8 Å². The third-order valence-electron chi connectivity index (χ3n) is 3.83. The van der Waals surface area contributed by atoms with Gasteiger partial charge < -0.3 is 10.2 Å². The number of hydrogen-bond donors (Lipinski definition) is 2.